The molecule has 1 N–H and O–H groups in total. The van der Waals surface area contributed by atoms with Gasteiger partial charge in [-0.05, 0) is 29.5 Å². The quantitative estimate of drug-likeness (QED) is 0.446. The zero-order valence-electron chi connectivity index (χ0n) is 15.5. The van der Waals surface area contributed by atoms with Gasteiger partial charge in [0.1, 0.15) is 6.33 Å². The third-order valence-electron chi connectivity index (χ3n) is 4.17. The fourth-order valence-corrected chi connectivity index (χ4v) is 3.06. The van der Waals surface area contributed by atoms with Crippen molar-refractivity contribution in [3.8, 4) is 0 Å². The minimum absolute atomic E-state index is 0.148. The molecule has 0 radical (unpaired) electrons. The molecule has 2 aromatic heterocycles. The zero-order chi connectivity index (χ0) is 21.1. The Morgan fingerprint density at radius 3 is 2.72 bits per heavy atom. The maximum atomic E-state index is 12.4. The number of amides is 1. The molecule has 0 saturated heterocycles. The zero-order valence-corrected chi connectivity index (χ0v) is 17.1. The van der Waals surface area contributed by atoms with E-state index in [1.165, 1.54) is 21.8 Å². The number of aromatic nitrogens is 5. The average molecular weight is 438 g/mol. The van der Waals surface area contributed by atoms with E-state index < -0.39 is 10.8 Å². The van der Waals surface area contributed by atoms with Gasteiger partial charge in [-0.1, -0.05) is 36.2 Å². The molecule has 0 aliphatic heterocycles. The second-order valence-electron chi connectivity index (χ2n) is 6.47. The molecule has 0 aliphatic rings. The Balaban J connectivity index is 1.61. The second-order valence-corrected chi connectivity index (χ2v) is 7.32. The maximum absolute atomic E-state index is 12.4. The first-order valence-electron chi connectivity index (χ1n) is 8.56. The Hall–Kier alpha value is -2.98. The van der Waals surface area contributed by atoms with Gasteiger partial charge in [-0.15, -0.1) is 5.10 Å². The predicted octanol–water partition coefficient (Wildman–Crippen LogP) is 3.32. The van der Waals surface area contributed by atoms with Crippen LogP contribution in [0.4, 0.5) is 11.8 Å². The summed E-state index contributed by atoms with van der Waals surface area (Å²) in [7, 11) is 0. The summed E-state index contributed by atoms with van der Waals surface area (Å²) in [5, 5.41) is 22.6. The molecule has 10 nitrogen and oxygen atoms in total. The highest BCUT2D eigenvalue weighted by Crippen LogP contribution is 2.21. The summed E-state index contributed by atoms with van der Waals surface area (Å²) in [6.45, 7) is 3.93. The summed E-state index contributed by atoms with van der Waals surface area (Å²) in [5.41, 5.74) is 1.40. The fraction of sp³-hybridized carbons (Fsp3) is 0.294. The van der Waals surface area contributed by atoms with Gasteiger partial charge in [0.2, 0.25) is 11.9 Å². The lowest BCUT2D eigenvalue weighted by molar-refractivity contribution is -0.389. The number of anilines is 1. The standard InChI is InChI=1S/C17H17Cl2N7O3/c1-10(7-25-11(2)5-15(22-25)26(28)29)16(27)21-17-20-9-24(23-17)8-12-3-4-13(18)6-14(12)19/h3-6,9-10H,7-8H2,1-2H3,(H,21,23,27). The second kappa shape index (κ2) is 8.58. The Bertz CT molecular complexity index is 1060. The number of halogens is 2. The van der Waals surface area contributed by atoms with Gasteiger partial charge in [0.15, 0.2) is 0 Å². The van der Waals surface area contributed by atoms with E-state index in [1.54, 1.807) is 32.0 Å². The van der Waals surface area contributed by atoms with Crippen molar-refractivity contribution in [2.45, 2.75) is 26.9 Å². The predicted molar refractivity (Wildman–Crippen MR) is 107 cm³/mol. The van der Waals surface area contributed by atoms with Crippen molar-refractivity contribution in [1.82, 2.24) is 24.5 Å². The van der Waals surface area contributed by atoms with Crippen molar-refractivity contribution in [3.63, 3.8) is 0 Å². The van der Waals surface area contributed by atoms with Crippen LogP contribution in [0.2, 0.25) is 10.0 Å². The van der Waals surface area contributed by atoms with Gasteiger partial charge in [-0.3, -0.25) is 10.1 Å². The molecule has 152 valence electrons. The number of hydrogen-bond donors (Lipinski definition) is 1. The highest BCUT2D eigenvalue weighted by atomic mass is 35.5. The summed E-state index contributed by atoms with van der Waals surface area (Å²) < 4.78 is 2.97. The Labute approximate surface area is 175 Å². The SMILES string of the molecule is Cc1cc([N+](=O)[O-])nn1CC(C)C(=O)Nc1ncn(Cc2ccc(Cl)cc2Cl)n1. The van der Waals surface area contributed by atoms with E-state index in [9.17, 15) is 14.9 Å². The lowest BCUT2D eigenvalue weighted by atomic mass is 10.1. The van der Waals surface area contributed by atoms with E-state index in [0.29, 0.717) is 22.3 Å². The van der Waals surface area contributed by atoms with Gasteiger partial charge in [0, 0.05) is 10.0 Å². The van der Waals surface area contributed by atoms with E-state index in [0.717, 1.165) is 5.56 Å². The lowest BCUT2D eigenvalue weighted by Gasteiger charge is -2.09. The molecule has 1 atom stereocenters. The van der Waals surface area contributed by atoms with Crippen LogP contribution in [-0.2, 0) is 17.9 Å². The van der Waals surface area contributed by atoms with E-state index in [4.69, 9.17) is 23.2 Å². The summed E-state index contributed by atoms with van der Waals surface area (Å²) in [6.07, 6.45) is 1.48. The van der Waals surface area contributed by atoms with Crippen molar-refractivity contribution in [1.29, 1.82) is 0 Å². The number of nitrogens with one attached hydrogen (secondary N) is 1. The number of aryl methyl sites for hydroxylation is 1. The van der Waals surface area contributed by atoms with Crippen LogP contribution >= 0.6 is 23.2 Å². The largest absolute Gasteiger partial charge is 0.390 e. The van der Waals surface area contributed by atoms with Gasteiger partial charge >= 0.3 is 5.82 Å². The number of nitro groups is 1. The van der Waals surface area contributed by atoms with E-state index in [2.05, 4.69) is 20.5 Å². The molecule has 1 amide bonds. The molecule has 0 bridgehead atoms. The summed E-state index contributed by atoms with van der Waals surface area (Å²) >= 11 is 12.0. The number of benzene rings is 1. The minimum Gasteiger partial charge on any atom is -0.358 e. The van der Waals surface area contributed by atoms with Gasteiger partial charge < -0.3 is 10.1 Å². The first-order valence-corrected chi connectivity index (χ1v) is 9.31. The van der Waals surface area contributed by atoms with Gasteiger partial charge in [-0.2, -0.15) is 4.68 Å². The lowest BCUT2D eigenvalue weighted by Crippen LogP contribution is -2.25. The maximum Gasteiger partial charge on any atom is 0.390 e. The van der Waals surface area contributed by atoms with Crippen LogP contribution in [0.15, 0.2) is 30.6 Å². The molecule has 3 rings (SSSR count). The van der Waals surface area contributed by atoms with Crippen molar-refractivity contribution < 1.29 is 9.72 Å². The molecule has 2 heterocycles. The van der Waals surface area contributed by atoms with Gasteiger partial charge in [-0.25, -0.2) is 9.67 Å². The average Bonchev–Trinajstić information content (AvgIpc) is 3.24. The van der Waals surface area contributed by atoms with Crippen LogP contribution in [0.1, 0.15) is 18.2 Å². The minimum atomic E-state index is -0.572. The van der Waals surface area contributed by atoms with Crippen LogP contribution in [0, 0.1) is 23.0 Å². The molecule has 0 fully saturated rings. The molecule has 29 heavy (non-hydrogen) atoms. The number of carbonyl (C=O) groups is 1. The topological polar surface area (TPSA) is 121 Å². The molecule has 0 aliphatic carbocycles. The van der Waals surface area contributed by atoms with Crippen LogP contribution in [0.5, 0.6) is 0 Å². The highest BCUT2D eigenvalue weighted by molar-refractivity contribution is 6.35. The Morgan fingerprint density at radius 1 is 1.31 bits per heavy atom. The number of nitrogens with zero attached hydrogens (tertiary/aromatic N) is 6. The van der Waals surface area contributed by atoms with E-state index in [-0.39, 0.29) is 24.2 Å². The molecule has 3 aromatic rings. The van der Waals surface area contributed by atoms with E-state index >= 15 is 0 Å². The normalized spacial score (nSPS) is 12.0. The van der Waals surface area contributed by atoms with Gasteiger partial charge in [0.05, 0.1) is 35.9 Å². The van der Waals surface area contributed by atoms with Gasteiger partial charge in [0.25, 0.3) is 0 Å². The Morgan fingerprint density at radius 2 is 2.07 bits per heavy atom. The smallest absolute Gasteiger partial charge is 0.358 e. The molecule has 12 heteroatoms. The number of hydrogen-bond acceptors (Lipinski definition) is 6. The fourth-order valence-electron chi connectivity index (χ4n) is 2.60. The molecule has 1 aromatic carbocycles. The van der Waals surface area contributed by atoms with Crippen LogP contribution in [0.3, 0.4) is 0 Å². The Kier molecular flexibility index (Phi) is 6.14. The first kappa shape index (κ1) is 20.7. The van der Waals surface area contributed by atoms with Crippen LogP contribution in [-0.4, -0.2) is 35.4 Å². The molecule has 0 spiro atoms. The molecular formula is C17H17Cl2N7O3. The van der Waals surface area contributed by atoms with E-state index in [1.807, 2.05) is 0 Å². The van der Waals surface area contributed by atoms with Crippen LogP contribution in [0.25, 0.3) is 0 Å². The van der Waals surface area contributed by atoms with Crippen molar-refractivity contribution in [2.24, 2.45) is 5.92 Å². The monoisotopic (exact) mass is 437 g/mol. The third kappa shape index (κ3) is 5.09. The third-order valence-corrected chi connectivity index (χ3v) is 4.76. The molecule has 0 saturated carbocycles. The summed E-state index contributed by atoms with van der Waals surface area (Å²) in [4.78, 5) is 26.7. The van der Waals surface area contributed by atoms with Crippen molar-refractivity contribution in [3.05, 3.63) is 62.0 Å². The number of rotatable bonds is 7. The van der Waals surface area contributed by atoms with Crippen LogP contribution < -0.4 is 5.32 Å². The molecule has 1 unspecified atom stereocenters. The van der Waals surface area contributed by atoms with Crippen molar-refractivity contribution >= 4 is 40.9 Å². The number of carbonyl (C=O) groups excluding carboxylic acids is 1. The highest BCUT2D eigenvalue weighted by Gasteiger charge is 2.21. The summed E-state index contributed by atoms with van der Waals surface area (Å²) in [6, 6.07) is 6.51. The first-order chi connectivity index (χ1) is 13.7. The molecular weight excluding hydrogens is 421 g/mol. The summed E-state index contributed by atoms with van der Waals surface area (Å²) in [5.74, 6) is -0.942. The van der Waals surface area contributed by atoms with Crippen molar-refractivity contribution in [2.75, 3.05) is 5.32 Å².